The number of sulfonamides is 1. The number of aryl methyl sites for hydroxylation is 1. The van der Waals surface area contributed by atoms with Gasteiger partial charge in [0.15, 0.2) is 5.15 Å². The summed E-state index contributed by atoms with van der Waals surface area (Å²) in [7, 11) is -4.42. The lowest BCUT2D eigenvalue weighted by molar-refractivity contribution is -0.257. The van der Waals surface area contributed by atoms with Gasteiger partial charge in [0.05, 0.1) is 23.6 Å². The Morgan fingerprint density at radius 3 is 2.35 bits per heavy atom. The average molecular weight is 610 g/mol. The maximum atomic E-state index is 14.0. The Kier molecular flexibility index (Phi) is 8.49. The van der Waals surface area contributed by atoms with Crippen molar-refractivity contribution in [3.05, 3.63) is 35.1 Å². The van der Waals surface area contributed by atoms with E-state index in [1.165, 1.54) is 49.8 Å². The molecule has 3 rings (SSSR count). The highest BCUT2D eigenvalue weighted by Gasteiger charge is 2.51. The standard InChI is InChI=1S/C25H31ClF3N3O7S/c1-7-31-13-19(21(26)30-31)40(36,37)32-14(2)18(12-23(3,4)22(34)35)38-17-9-8-15(10-16(17)32)11-20(33)39-24(5,6)25(27,28)29/h8-10,13-14,18H,7,11-12H2,1-6H3,(H,34,35)/t14-,18-/m1/s1. The second-order valence-corrected chi connectivity index (χ2v) is 12.8. The number of ether oxygens (including phenoxy) is 2. The molecular weight excluding hydrogens is 579 g/mol. The lowest BCUT2D eigenvalue weighted by atomic mass is 9.84. The van der Waals surface area contributed by atoms with Gasteiger partial charge in [0.1, 0.15) is 16.7 Å². The molecule has 1 aromatic carbocycles. The molecule has 15 heteroatoms. The monoisotopic (exact) mass is 609 g/mol. The lowest BCUT2D eigenvalue weighted by Gasteiger charge is -2.42. The van der Waals surface area contributed by atoms with Crippen molar-refractivity contribution in [3.63, 3.8) is 0 Å². The van der Waals surface area contributed by atoms with Crippen molar-refractivity contribution < 1.29 is 45.8 Å². The molecule has 0 fully saturated rings. The Labute approximate surface area is 235 Å². The van der Waals surface area contributed by atoms with Gasteiger partial charge in [-0.25, -0.2) is 8.42 Å². The van der Waals surface area contributed by atoms with E-state index in [-0.39, 0.29) is 33.5 Å². The van der Waals surface area contributed by atoms with Gasteiger partial charge < -0.3 is 14.6 Å². The zero-order valence-corrected chi connectivity index (χ0v) is 24.3. The smallest absolute Gasteiger partial charge is 0.427 e. The van der Waals surface area contributed by atoms with Crippen LogP contribution in [0.25, 0.3) is 0 Å². The second kappa shape index (κ2) is 10.8. The van der Waals surface area contributed by atoms with Gasteiger partial charge in [-0.1, -0.05) is 17.7 Å². The van der Waals surface area contributed by atoms with Crippen molar-refractivity contribution >= 4 is 39.3 Å². The third kappa shape index (κ3) is 6.17. The Morgan fingerprint density at radius 2 is 1.82 bits per heavy atom. The Hall–Kier alpha value is -3.00. The number of esters is 1. The summed E-state index contributed by atoms with van der Waals surface area (Å²) in [5.41, 5.74) is -3.84. The van der Waals surface area contributed by atoms with Crippen molar-refractivity contribution in [2.45, 2.75) is 89.7 Å². The number of aromatic nitrogens is 2. The molecule has 2 aromatic rings. The van der Waals surface area contributed by atoms with E-state index in [0.29, 0.717) is 6.54 Å². The van der Waals surface area contributed by atoms with E-state index >= 15 is 0 Å². The number of rotatable bonds is 9. The molecule has 10 nitrogen and oxygen atoms in total. The number of carboxylic acids is 1. The molecule has 0 unspecified atom stereocenters. The molecule has 40 heavy (non-hydrogen) atoms. The number of carbonyl (C=O) groups is 2. The molecule has 1 aliphatic heterocycles. The van der Waals surface area contributed by atoms with Gasteiger partial charge in [-0.2, -0.15) is 18.3 Å². The van der Waals surface area contributed by atoms with E-state index in [2.05, 4.69) is 9.84 Å². The zero-order chi connectivity index (χ0) is 30.4. The molecule has 0 saturated heterocycles. The van der Waals surface area contributed by atoms with Crippen molar-refractivity contribution in [1.82, 2.24) is 9.78 Å². The molecule has 2 atom stereocenters. The van der Waals surface area contributed by atoms with Crippen LogP contribution in [0.4, 0.5) is 18.9 Å². The van der Waals surface area contributed by atoms with Gasteiger partial charge in [-0.15, -0.1) is 0 Å². The first kappa shape index (κ1) is 31.5. The van der Waals surface area contributed by atoms with E-state index in [9.17, 15) is 36.3 Å². The van der Waals surface area contributed by atoms with Crippen LogP contribution in [0.1, 0.15) is 53.5 Å². The molecule has 1 N–H and O–H groups in total. The van der Waals surface area contributed by atoms with Gasteiger partial charge in [0.25, 0.3) is 10.0 Å². The van der Waals surface area contributed by atoms with Crippen LogP contribution < -0.4 is 9.04 Å². The first-order valence-electron chi connectivity index (χ1n) is 12.3. The Morgan fingerprint density at radius 1 is 1.20 bits per heavy atom. The van der Waals surface area contributed by atoms with Crippen LogP contribution >= 0.6 is 11.6 Å². The van der Waals surface area contributed by atoms with E-state index in [0.717, 1.165) is 18.2 Å². The highest BCUT2D eigenvalue weighted by molar-refractivity contribution is 7.93. The maximum absolute atomic E-state index is 14.0. The normalized spacial score (nSPS) is 18.2. The predicted molar refractivity (Wildman–Crippen MR) is 139 cm³/mol. The van der Waals surface area contributed by atoms with Crippen molar-refractivity contribution in [2.24, 2.45) is 5.41 Å². The van der Waals surface area contributed by atoms with Gasteiger partial charge in [0, 0.05) is 19.2 Å². The van der Waals surface area contributed by atoms with E-state index in [1.807, 2.05) is 0 Å². The molecule has 0 radical (unpaired) electrons. The number of alkyl halides is 3. The Balaban J connectivity index is 2.08. The molecule has 2 heterocycles. The van der Waals surface area contributed by atoms with Crippen molar-refractivity contribution in [1.29, 1.82) is 0 Å². The largest absolute Gasteiger partial charge is 0.486 e. The number of halogens is 4. The van der Waals surface area contributed by atoms with Crippen LogP contribution in [0.3, 0.4) is 0 Å². The molecule has 0 amide bonds. The summed E-state index contributed by atoms with van der Waals surface area (Å²) in [5.74, 6) is -2.21. The van der Waals surface area contributed by atoms with Crippen LogP contribution in [0.15, 0.2) is 29.3 Å². The summed E-state index contributed by atoms with van der Waals surface area (Å²) in [6.07, 6.45) is -5.09. The van der Waals surface area contributed by atoms with E-state index in [4.69, 9.17) is 16.3 Å². The number of nitrogens with zero attached hydrogens (tertiary/aromatic N) is 3. The number of fused-ring (bicyclic) bond motifs is 1. The van der Waals surface area contributed by atoms with Crippen LogP contribution in [0.2, 0.25) is 5.15 Å². The van der Waals surface area contributed by atoms with Gasteiger partial charge in [0.2, 0.25) is 5.60 Å². The summed E-state index contributed by atoms with van der Waals surface area (Å²) in [4.78, 5) is 23.9. The fourth-order valence-corrected chi connectivity index (χ4v) is 6.23. The number of aliphatic carboxylic acids is 1. The summed E-state index contributed by atoms with van der Waals surface area (Å²) in [5, 5.41) is 13.4. The minimum Gasteiger partial charge on any atom is -0.486 e. The van der Waals surface area contributed by atoms with Gasteiger partial charge >= 0.3 is 18.1 Å². The predicted octanol–water partition coefficient (Wildman–Crippen LogP) is 4.83. The first-order chi connectivity index (χ1) is 18.2. The minimum absolute atomic E-state index is 0.00224. The molecule has 1 aromatic heterocycles. The second-order valence-electron chi connectivity index (χ2n) is 10.7. The van der Waals surface area contributed by atoms with Crippen LogP contribution in [0, 0.1) is 5.41 Å². The average Bonchev–Trinajstić information content (AvgIpc) is 3.20. The van der Waals surface area contributed by atoms with E-state index in [1.54, 1.807) is 6.92 Å². The summed E-state index contributed by atoms with van der Waals surface area (Å²) >= 11 is 6.19. The molecular formula is C25H31ClF3N3O7S. The Bertz CT molecular complexity index is 1410. The molecule has 0 aliphatic carbocycles. The fourth-order valence-electron chi connectivity index (χ4n) is 4.09. The van der Waals surface area contributed by atoms with Gasteiger partial charge in [-0.05, 0) is 59.2 Å². The SMILES string of the molecule is CCn1cc(S(=O)(=O)N2c3cc(CC(=O)OC(C)(C)C(F)(F)F)ccc3O[C@H](CC(C)(C)C(=O)O)[C@H]2C)c(Cl)n1. The summed E-state index contributed by atoms with van der Waals surface area (Å²) in [6, 6.07) is 3.12. The molecule has 0 spiro atoms. The van der Waals surface area contributed by atoms with Crippen molar-refractivity contribution in [3.8, 4) is 5.75 Å². The number of carboxylic acid groups (broad SMARTS) is 1. The molecule has 0 saturated carbocycles. The zero-order valence-electron chi connectivity index (χ0n) is 22.7. The number of benzene rings is 1. The fraction of sp³-hybridized carbons (Fsp3) is 0.560. The van der Waals surface area contributed by atoms with Crippen LogP contribution in [-0.4, -0.2) is 59.2 Å². The highest BCUT2D eigenvalue weighted by Crippen LogP contribution is 2.44. The van der Waals surface area contributed by atoms with Crippen LogP contribution in [-0.2, 0) is 37.3 Å². The van der Waals surface area contributed by atoms with E-state index < -0.39 is 57.7 Å². The summed E-state index contributed by atoms with van der Waals surface area (Å²) in [6.45, 7) is 8.02. The number of carbonyl (C=O) groups excluding carboxylic acids is 1. The molecule has 0 bridgehead atoms. The quantitative estimate of drug-likeness (QED) is 0.401. The first-order valence-corrected chi connectivity index (χ1v) is 14.1. The lowest BCUT2D eigenvalue weighted by Crippen LogP contribution is -2.52. The third-order valence-corrected chi connectivity index (χ3v) is 8.98. The minimum atomic E-state index is -4.80. The number of anilines is 1. The number of hydrogen-bond acceptors (Lipinski definition) is 7. The molecule has 222 valence electrons. The summed E-state index contributed by atoms with van der Waals surface area (Å²) < 4.78 is 80.6. The van der Waals surface area contributed by atoms with Crippen LogP contribution in [0.5, 0.6) is 5.75 Å². The topological polar surface area (TPSA) is 128 Å². The maximum Gasteiger partial charge on any atom is 0.427 e. The van der Waals surface area contributed by atoms with Crippen molar-refractivity contribution in [2.75, 3.05) is 4.31 Å². The number of hydrogen-bond donors (Lipinski definition) is 1. The van der Waals surface area contributed by atoms with Gasteiger partial charge in [-0.3, -0.25) is 18.6 Å². The third-order valence-electron chi connectivity index (χ3n) is 6.68. The molecule has 1 aliphatic rings. The highest BCUT2D eigenvalue weighted by atomic mass is 35.5.